The first-order valence-corrected chi connectivity index (χ1v) is 0. The first-order chi connectivity index (χ1) is 0. The second-order valence-corrected chi connectivity index (χ2v) is 0. The van der Waals surface area contributed by atoms with Crippen LogP contribution in [-0.2, 0) is 17.1 Å². The van der Waals surface area contributed by atoms with Crippen LogP contribution in [0.2, 0.25) is 0 Å². The molecular weight excluding hydrogens is 200 g/mol. The van der Waals surface area contributed by atoms with Crippen LogP contribution in [0.1, 0.15) is 0 Å². The van der Waals surface area contributed by atoms with Crippen molar-refractivity contribution in [1.82, 2.24) is 0 Å². The van der Waals surface area contributed by atoms with Crippen LogP contribution in [-0.4, -0.2) is 21.9 Å². The quantitative estimate of drug-likeness (QED) is 0.384. The standard InChI is InChI=1S/BrH.Fe.4H2O/h1H;;4*1H2. The number of hydrogen-bond acceptors (Lipinski definition) is 0. The predicted octanol–water partition coefficient (Wildman–Crippen LogP) is -2.72. The Hall–Kier alpha value is 0.839. The largest absolute Gasteiger partial charge is 0.412 e. The number of rotatable bonds is 0. The molecule has 0 aromatic rings. The molecule has 0 fully saturated rings. The van der Waals surface area contributed by atoms with Crippen molar-refractivity contribution in [3.63, 3.8) is 0 Å². The normalized spacial score (nSPS) is 0. The molecule has 0 amide bonds. The van der Waals surface area contributed by atoms with Crippen LogP contribution in [0.3, 0.4) is 0 Å². The Bertz CT molecular complexity index is 7.51. The van der Waals surface area contributed by atoms with Crippen LogP contribution in [0, 0.1) is 0 Å². The molecule has 8 N–H and O–H groups in total. The second-order valence-electron chi connectivity index (χ2n) is 0. The van der Waals surface area contributed by atoms with Crippen LogP contribution >= 0.6 is 17.0 Å². The third kappa shape index (κ3) is 101. The van der Waals surface area contributed by atoms with Gasteiger partial charge < -0.3 is 21.9 Å². The van der Waals surface area contributed by atoms with Crippen molar-refractivity contribution in [2.24, 2.45) is 0 Å². The third-order valence-corrected chi connectivity index (χ3v) is 0. The molecule has 6 heteroatoms. The minimum atomic E-state index is 0. The summed E-state index contributed by atoms with van der Waals surface area (Å²) in [6.45, 7) is 0. The van der Waals surface area contributed by atoms with Crippen molar-refractivity contribution in [3.05, 3.63) is 0 Å². The summed E-state index contributed by atoms with van der Waals surface area (Å²) in [5, 5.41) is 0. The zero-order valence-corrected chi connectivity index (χ0v) is 5.58. The van der Waals surface area contributed by atoms with Crippen molar-refractivity contribution in [2.75, 3.05) is 0 Å². The van der Waals surface area contributed by atoms with E-state index in [1.807, 2.05) is 0 Å². The topological polar surface area (TPSA) is 126 Å². The maximum Gasteiger partial charge on any atom is 0 e. The van der Waals surface area contributed by atoms with Gasteiger partial charge in [0.25, 0.3) is 0 Å². The van der Waals surface area contributed by atoms with Crippen molar-refractivity contribution < 1.29 is 39.0 Å². The van der Waals surface area contributed by atoms with E-state index in [1.54, 1.807) is 0 Å². The summed E-state index contributed by atoms with van der Waals surface area (Å²) in [5.41, 5.74) is 0. The summed E-state index contributed by atoms with van der Waals surface area (Å²) in [7, 11) is 0. The maximum absolute atomic E-state index is 0. The maximum atomic E-state index is 0. The van der Waals surface area contributed by atoms with E-state index in [-0.39, 0.29) is 56.0 Å². The fourth-order valence-corrected chi connectivity index (χ4v) is 0. The molecule has 48 valence electrons. The summed E-state index contributed by atoms with van der Waals surface area (Å²) in [4.78, 5) is 0. The van der Waals surface area contributed by atoms with Crippen molar-refractivity contribution in [2.45, 2.75) is 0 Å². The van der Waals surface area contributed by atoms with Crippen LogP contribution in [0.25, 0.3) is 0 Å². The van der Waals surface area contributed by atoms with Crippen molar-refractivity contribution in [1.29, 1.82) is 0 Å². The van der Waals surface area contributed by atoms with E-state index < -0.39 is 0 Å². The Morgan fingerprint density at radius 1 is 0.500 bits per heavy atom. The molecule has 0 saturated carbocycles. The Kier molecular flexibility index (Phi) is 10700. The molecule has 4 nitrogen and oxygen atoms in total. The molecule has 0 heterocycles. The van der Waals surface area contributed by atoms with Crippen LogP contribution in [0.5, 0.6) is 0 Å². The molecule has 0 aliphatic carbocycles. The second kappa shape index (κ2) is 194. The molecule has 0 bridgehead atoms. The van der Waals surface area contributed by atoms with Gasteiger partial charge in [0.2, 0.25) is 0 Å². The van der Waals surface area contributed by atoms with Crippen LogP contribution in [0.15, 0.2) is 0 Å². The zero-order chi connectivity index (χ0) is 0. The van der Waals surface area contributed by atoms with E-state index in [4.69, 9.17) is 0 Å². The van der Waals surface area contributed by atoms with Gasteiger partial charge in [0, 0.05) is 17.1 Å². The van der Waals surface area contributed by atoms with E-state index in [9.17, 15) is 0 Å². The molecule has 0 radical (unpaired) electrons. The van der Waals surface area contributed by atoms with Crippen LogP contribution < -0.4 is 0 Å². The minimum Gasteiger partial charge on any atom is -0.412 e. The van der Waals surface area contributed by atoms with Crippen molar-refractivity contribution >= 4 is 17.0 Å². The third-order valence-electron chi connectivity index (χ3n) is 0. The van der Waals surface area contributed by atoms with E-state index >= 15 is 0 Å². The van der Waals surface area contributed by atoms with Gasteiger partial charge in [0.05, 0.1) is 0 Å². The van der Waals surface area contributed by atoms with Gasteiger partial charge in [-0.2, -0.15) is 0 Å². The van der Waals surface area contributed by atoms with Crippen molar-refractivity contribution in [3.8, 4) is 0 Å². The van der Waals surface area contributed by atoms with E-state index in [1.165, 1.54) is 0 Å². The molecule has 0 atom stereocenters. The van der Waals surface area contributed by atoms with E-state index in [2.05, 4.69) is 0 Å². The van der Waals surface area contributed by atoms with Gasteiger partial charge in [-0.15, -0.1) is 17.0 Å². The molecule has 0 aromatic heterocycles. The molecule has 0 rings (SSSR count). The van der Waals surface area contributed by atoms with Gasteiger partial charge >= 0.3 is 0 Å². The summed E-state index contributed by atoms with van der Waals surface area (Å²) in [6, 6.07) is 0. The smallest absolute Gasteiger partial charge is 0 e. The molecule has 0 saturated heterocycles. The Morgan fingerprint density at radius 2 is 0.500 bits per heavy atom. The summed E-state index contributed by atoms with van der Waals surface area (Å²) in [6.07, 6.45) is 0. The summed E-state index contributed by atoms with van der Waals surface area (Å²) >= 11 is 0. The molecule has 0 spiro atoms. The van der Waals surface area contributed by atoms with Crippen LogP contribution in [0.4, 0.5) is 0 Å². The van der Waals surface area contributed by atoms with Gasteiger partial charge in [0.15, 0.2) is 0 Å². The molecular formula is H9BrFeO4. The van der Waals surface area contributed by atoms with Gasteiger partial charge in [-0.25, -0.2) is 0 Å². The Balaban J connectivity index is 0. The average Bonchev–Trinajstić information content (AvgIpc) is 0. The van der Waals surface area contributed by atoms with Gasteiger partial charge in [-0.05, 0) is 0 Å². The SMILES string of the molecule is Br.O.O.O.O.[Fe]. The first kappa shape index (κ1) is 331. The molecule has 0 aromatic carbocycles. The van der Waals surface area contributed by atoms with E-state index in [0.29, 0.717) is 0 Å². The molecule has 0 unspecified atom stereocenters. The zero-order valence-electron chi connectivity index (χ0n) is 2.76. The van der Waals surface area contributed by atoms with Gasteiger partial charge in [-0.3, -0.25) is 0 Å². The molecule has 0 aliphatic rings. The summed E-state index contributed by atoms with van der Waals surface area (Å²) < 4.78 is 0. The fraction of sp³-hybridized carbons (Fsp3) is 0. The average molecular weight is 209 g/mol. The number of hydrogen-bond donors (Lipinski definition) is 0. The minimum absolute atomic E-state index is 0. The number of halogens is 1. The predicted molar refractivity (Wildman–Crippen MR) is 24.8 cm³/mol. The van der Waals surface area contributed by atoms with E-state index in [0.717, 1.165) is 0 Å². The fourth-order valence-electron chi connectivity index (χ4n) is 0. The summed E-state index contributed by atoms with van der Waals surface area (Å²) in [5.74, 6) is 0. The molecule has 6 heavy (non-hydrogen) atoms. The van der Waals surface area contributed by atoms with Gasteiger partial charge in [-0.1, -0.05) is 0 Å². The molecule has 0 aliphatic heterocycles. The monoisotopic (exact) mass is 208 g/mol. The Morgan fingerprint density at radius 3 is 0.500 bits per heavy atom. The van der Waals surface area contributed by atoms with Gasteiger partial charge in [0.1, 0.15) is 0 Å². The first-order valence-electron chi connectivity index (χ1n) is 0. The Labute approximate surface area is 56.4 Å².